The van der Waals surface area contributed by atoms with Gasteiger partial charge in [-0.15, -0.1) is 46.7 Å². The predicted octanol–water partition coefficient (Wildman–Crippen LogP) is 3.22. The lowest BCUT2D eigenvalue weighted by molar-refractivity contribution is 1.55. The van der Waals surface area contributed by atoms with E-state index in [0.29, 0.717) is 11.8 Å². The molecule has 0 spiro atoms. The molecule has 0 rings (SSSR count). The van der Waals surface area contributed by atoms with Crippen molar-refractivity contribution in [1.82, 2.24) is 0 Å². The summed E-state index contributed by atoms with van der Waals surface area (Å²) in [5, 5.41) is 0. The van der Waals surface area contributed by atoms with Crippen LogP contribution in [0.4, 0.5) is 0 Å². The van der Waals surface area contributed by atoms with Gasteiger partial charge in [-0.05, 0) is 0 Å². The molecule has 0 unspecified atom stereocenters. The van der Waals surface area contributed by atoms with Crippen LogP contribution in [0.5, 0.6) is 0 Å². The molecule has 10 heavy (non-hydrogen) atoms. The van der Waals surface area contributed by atoms with Crippen LogP contribution >= 0.6 is 58.9 Å². The summed E-state index contributed by atoms with van der Waals surface area (Å²) < 4.78 is 0.946. The van der Waals surface area contributed by atoms with E-state index in [0.717, 1.165) is 15.0 Å². The van der Waals surface area contributed by atoms with Crippen LogP contribution in [-0.4, -0.2) is 26.8 Å². The Morgan fingerprint density at radius 1 is 1.10 bits per heavy atom. The SMILES string of the molecule is S=C(SCCCl)SCCCl. The van der Waals surface area contributed by atoms with Crippen LogP contribution < -0.4 is 0 Å². The lowest BCUT2D eigenvalue weighted by Gasteiger charge is -1.97. The second-order valence-electron chi connectivity index (χ2n) is 1.32. The van der Waals surface area contributed by atoms with Crippen LogP contribution in [0.1, 0.15) is 0 Å². The third kappa shape index (κ3) is 7.48. The molecule has 0 saturated carbocycles. The van der Waals surface area contributed by atoms with Crippen molar-refractivity contribution in [2.75, 3.05) is 23.3 Å². The van der Waals surface area contributed by atoms with Crippen molar-refractivity contribution in [3.8, 4) is 0 Å². The van der Waals surface area contributed by atoms with Crippen LogP contribution in [0.15, 0.2) is 0 Å². The summed E-state index contributed by atoms with van der Waals surface area (Å²) in [6, 6.07) is 0. The molecule has 0 N–H and O–H groups in total. The molecule has 0 aromatic heterocycles. The van der Waals surface area contributed by atoms with E-state index in [4.69, 9.17) is 35.4 Å². The minimum Gasteiger partial charge on any atom is -0.126 e. The van der Waals surface area contributed by atoms with Crippen molar-refractivity contribution in [3.63, 3.8) is 0 Å². The van der Waals surface area contributed by atoms with Gasteiger partial charge in [0.05, 0.1) is 0 Å². The Labute approximate surface area is 85.4 Å². The van der Waals surface area contributed by atoms with Gasteiger partial charge in [0.25, 0.3) is 0 Å². The fourth-order valence-electron chi connectivity index (χ4n) is 0.285. The van der Waals surface area contributed by atoms with Gasteiger partial charge in [0, 0.05) is 23.3 Å². The maximum atomic E-state index is 5.46. The minimum atomic E-state index is 0.659. The molecule has 0 heterocycles. The van der Waals surface area contributed by atoms with Gasteiger partial charge >= 0.3 is 0 Å². The highest BCUT2D eigenvalue weighted by Gasteiger charge is 1.96. The van der Waals surface area contributed by atoms with Crippen LogP contribution in [0.25, 0.3) is 0 Å². The highest BCUT2D eigenvalue weighted by molar-refractivity contribution is 8.47. The first-order chi connectivity index (χ1) is 4.81. The molecule has 0 fully saturated rings. The average molecular weight is 235 g/mol. The second kappa shape index (κ2) is 8.47. The third-order valence-corrected chi connectivity index (χ3v) is 4.12. The zero-order valence-electron chi connectivity index (χ0n) is 5.31. The Balaban J connectivity index is 3.09. The first kappa shape index (κ1) is 11.4. The maximum absolute atomic E-state index is 5.46. The summed E-state index contributed by atoms with van der Waals surface area (Å²) in [6.45, 7) is 0. The topological polar surface area (TPSA) is 0 Å². The average Bonchev–Trinajstić information content (AvgIpc) is 1.97. The van der Waals surface area contributed by atoms with Crippen LogP contribution in [-0.2, 0) is 0 Å². The fraction of sp³-hybridized carbons (Fsp3) is 0.800. The van der Waals surface area contributed by atoms with Crippen molar-refractivity contribution in [1.29, 1.82) is 0 Å². The Hall–Kier alpha value is 1.37. The molecule has 0 saturated heterocycles. The Morgan fingerprint density at radius 3 is 1.80 bits per heavy atom. The molecule has 0 aliphatic rings. The standard InChI is InChI=1S/C5H8Cl2S3/c6-1-3-9-5(8)10-4-2-7/h1-4H2. The Bertz CT molecular complexity index is 86.9. The van der Waals surface area contributed by atoms with E-state index in [9.17, 15) is 0 Å². The van der Waals surface area contributed by atoms with Crippen molar-refractivity contribution in [2.24, 2.45) is 0 Å². The van der Waals surface area contributed by atoms with E-state index in [2.05, 4.69) is 0 Å². The highest BCUT2D eigenvalue weighted by Crippen LogP contribution is 2.17. The highest BCUT2D eigenvalue weighted by atomic mass is 35.5. The molecule has 0 radical (unpaired) electrons. The van der Waals surface area contributed by atoms with Gasteiger partial charge in [0.1, 0.15) is 3.53 Å². The Kier molecular flexibility index (Phi) is 9.63. The quantitative estimate of drug-likeness (QED) is 0.542. The number of thioether (sulfide) groups is 2. The first-order valence-electron chi connectivity index (χ1n) is 2.72. The number of halogens is 2. The summed E-state index contributed by atoms with van der Waals surface area (Å²) in [5.41, 5.74) is 0. The summed E-state index contributed by atoms with van der Waals surface area (Å²) in [7, 11) is 0. The van der Waals surface area contributed by atoms with E-state index in [1.807, 2.05) is 0 Å². The number of thiocarbonyl (C=S) groups is 1. The number of alkyl halides is 2. The molecule has 5 heteroatoms. The smallest absolute Gasteiger partial charge is 0.104 e. The van der Waals surface area contributed by atoms with Crippen LogP contribution in [0, 0.1) is 0 Å². The van der Waals surface area contributed by atoms with E-state index in [-0.39, 0.29) is 0 Å². The van der Waals surface area contributed by atoms with E-state index in [1.165, 1.54) is 0 Å². The molecule has 0 aromatic rings. The molecule has 0 aliphatic heterocycles. The molecule has 0 atom stereocenters. The van der Waals surface area contributed by atoms with Crippen molar-refractivity contribution < 1.29 is 0 Å². The van der Waals surface area contributed by atoms with Gasteiger partial charge in [-0.25, -0.2) is 0 Å². The van der Waals surface area contributed by atoms with Gasteiger partial charge in [0.15, 0.2) is 0 Å². The molecule has 0 aliphatic carbocycles. The van der Waals surface area contributed by atoms with E-state index in [1.54, 1.807) is 23.5 Å². The van der Waals surface area contributed by atoms with Crippen molar-refractivity contribution in [2.45, 2.75) is 0 Å². The van der Waals surface area contributed by atoms with Crippen LogP contribution in [0.2, 0.25) is 0 Å². The minimum absolute atomic E-state index is 0.659. The lowest BCUT2D eigenvalue weighted by atomic mass is 11.0. The second-order valence-corrected chi connectivity index (χ2v) is 5.47. The predicted molar refractivity (Wildman–Crippen MR) is 59.0 cm³/mol. The zero-order valence-corrected chi connectivity index (χ0v) is 9.27. The summed E-state index contributed by atoms with van der Waals surface area (Å²) >= 11 is 19.2. The van der Waals surface area contributed by atoms with Crippen molar-refractivity contribution in [3.05, 3.63) is 0 Å². The number of hydrogen-bond acceptors (Lipinski definition) is 3. The molecule has 0 bridgehead atoms. The van der Waals surface area contributed by atoms with E-state index >= 15 is 0 Å². The van der Waals surface area contributed by atoms with Gasteiger partial charge in [-0.2, -0.15) is 0 Å². The van der Waals surface area contributed by atoms with Gasteiger partial charge in [0.2, 0.25) is 0 Å². The van der Waals surface area contributed by atoms with Gasteiger partial charge in [-0.1, -0.05) is 12.2 Å². The number of hydrogen-bond donors (Lipinski definition) is 0. The summed E-state index contributed by atoms with van der Waals surface area (Å²) in [6.07, 6.45) is 0. The zero-order chi connectivity index (χ0) is 7.82. The lowest BCUT2D eigenvalue weighted by Crippen LogP contribution is -1.88. The van der Waals surface area contributed by atoms with Gasteiger partial charge in [-0.3, -0.25) is 0 Å². The number of rotatable bonds is 4. The molecule has 0 amide bonds. The maximum Gasteiger partial charge on any atom is 0.104 e. The fourth-order valence-corrected chi connectivity index (χ4v) is 2.57. The molecular formula is C5H8Cl2S3. The Morgan fingerprint density at radius 2 is 1.50 bits per heavy atom. The summed E-state index contributed by atoms with van der Waals surface area (Å²) in [4.78, 5) is 0. The first-order valence-corrected chi connectivity index (χ1v) is 6.17. The van der Waals surface area contributed by atoms with Crippen molar-refractivity contribution >= 4 is 62.5 Å². The van der Waals surface area contributed by atoms with Gasteiger partial charge < -0.3 is 0 Å². The molecule has 0 aromatic carbocycles. The van der Waals surface area contributed by atoms with E-state index < -0.39 is 0 Å². The normalized spacial score (nSPS) is 9.80. The third-order valence-electron chi connectivity index (χ3n) is 0.594. The molecule has 60 valence electrons. The largest absolute Gasteiger partial charge is 0.126 e. The monoisotopic (exact) mass is 234 g/mol. The van der Waals surface area contributed by atoms with Crippen LogP contribution in [0.3, 0.4) is 0 Å². The molecule has 0 nitrogen and oxygen atoms in total. The molecular weight excluding hydrogens is 227 g/mol. The summed E-state index contributed by atoms with van der Waals surface area (Å²) in [5.74, 6) is 3.11.